The van der Waals surface area contributed by atoms with Crippen molar-refractivity contribution in [3.05, 3.63) is 29.8 Å². The second kappa shape index (κ2) is 3.33. The maximum absolute atomic E-state index is 11.0. The van der Waals surface area contributed by atoms with Gasteiger partial charge in [-0.1, -0.05) is 18.2 Å². The highest BCUT2D eigenvalue weighted by molar-refractivity contribution is 5.80. The van der Waals surface area contributed by atoms with Gasteiger partial charge in [-0.15, -0.1) is 0 Å². The number of benzene rings is 1. The van der Waals surface area contributed by atoms with E-state index in [2.05, 4.69) is 4.90 Å². The monoisotopic (exact) mass is 191 g/mol. The molecule has 1 aliphatic heterocycles. The van der Waals surface area contributed by atoms with Crippen molar-refractivity contribution in [2.24, 2.45) is 0 Å². The fraction of sp³-hybridized carbons (Fsp3) is 0.364. The maximum atomic E-state index is 11.0. The van der Waals surface area contributed by atoms with Gasteiger partial charge in [-0.3, -0.25) is 4.79 Å². The first-order valence-electron chi connectivity index (χ1n) is 4.73. The van der Waals surface area contributed by atoms with Crippen molar-refractivity contribution in [1.82, 2.24) is 0 Å². The SMILES string of the molecule is CN1CC[C@H](C(=O)O)c2ccccc21. The number of nitrogens with zero attached hydrogens (tertiary/aromatic N) is 1. The topological polar surface area (TPSA) is 40.5 Å². The van der Waals surface area contributed by atoms with Crippen molar-refractivity contribution in [1.29, 1.82) is 0 Å². The molecule has 1 N–H and O–H groups in total. The third-order valence-electron chi connectivity index (χ3n) is 2.77. The Labute approximate surface area is 83.0 Å². The number of anilines is 1. The molecule has 2 rings (SSSR count). The van der Waals surface area contributed by atoms with Gasteiger partial charge < -0.3 is 10.0 Å². The molecular weight excluding hydrogens is 178 g/mol. The number of carboxylic acids is 1. The molecule has 0 spiro atoms. The smallest absolute Gasteiger partial charge is 0.311 e. The molecule has 0 saturated heterocycles. The molecule has 1 aliphatic rings. The molecule has 0 radical (unpaired) electrons. The summed E-state index contributed by atoms with van der Waals surface area (Å²) >= 11 is 0. The second-order valence-electron chi connectivity index (χ2n) is 3.66. The summed E-state index contributed by atoms with van der Waals surface area (Å²) in [6.45, 7) is 0.813. The number of carboxylic acid groups (broad SMARTS) is 1. The number of hydrogen-bond acceptors (Lipinski definition) is 2. The van der Waals surface area contributed by atoms with Gasteiger partial charge in [-0.2, -0.15) is 0 Å². The molecule has 0 saturated carbocycles. The molecule has 3 heteroatoms. The van der Waals surface area contributed by atoms with Crippen LogP contribution < -0.4 is 4.90 Å². The van der Waals surface area contributed by atoms with E-state index in [9.17, 15) is 4.79 Å². The van der Waals surface area contributed by atoms with E-state index in [1.54, 1.807) is 0 Å². The summed E-state index contributed by atoms with van der Waals surface area (Å²) in [4.78, 5) is 13.1. The Kier molecular flexibility index (Phi) is 2.15. The molecule has 0 amide bonds. The largest absolute Gasteiger partial charge is 0.481 e. The lowest BCUT2D eigenvalue weighted by Gasteiger charge is -2.31. The summed E-state index contributed by atoms with van der Waals surface area (Å²) in [6.07, 6.45) is 0.697. The van der Waals surface area contributed by atoms with Crippen LogP contribution in [-0.4, -0.2) is 24.7 Å². The quantitative estimate of drug-likeness (QED) is 0.734. The van der Waals surface area contributed by atoms with Crippen LogP contribution in [0.1, 0.15) is 17.9 Å². The van der Waals surface area contributed by atoms with E-state index in [1.807, 2.05) is 31.3 Å². The average Bonchev–Trinajstić information content (AvgIpc) is 2.18. The van der Waals surface area contributed by atoms with Crippen LogP contribution >= 0.6 is 0 Å². The molecule has 0 unspecified atom stereocenters. The zero-order valence-corrected chi connectivity index (χ0v) is 8.10. The lowest BCUT2D eigenvalue weighted by molar-refractivity contribution is -0.139. The molecule has 0 fully saturated rings. The van der Waals surface area contributed by atoms with Crippen LogP contribution in [0.25, 0.3) is 0 Å². The highest BCUT2D eigenvalue weighted by atomic mass is 16.4. The van der Waals surface area contributed by atoms with Crippen LogP contribution in [0.4, 0.5) is 5.69 Å². The molecule has 0 aromatic heterocycles. The Balaban J connectivity index is 2.46. The fourth-order valence-corrected chi connectivity index (χ4v) is 1.99. The lowest BCUT2D eigenvalue weighted by atomic mass is 9.90. The number of para-hydroxylation sites is 1. The van der Waals surface area contributed by atoms with Gasteiger partial charge >= 0.3 is 5.97 Å². The molecule has 1 atom stereocenters. The normalized spacial score (nSPS) is 20.4. The van der Waals surface area contributed by atoms with Crippen LogP contribution in [-0.2, 0) is 4.79 Å². The zero-order chi connectivity index (χ0) is 10.1. The minimum Gasteiger partial charge on any atom is -0.481 e. The van der Waals surface area contributed by atoms with Crippen molar-refractivity contribution in [2.75, 3.05) is 18.5 Å². The van der Waals surface area contributed by atoms with Gasteiger partial charge in [0.25, 0.3) is 0 Å². The van der Waals surface area contributed by atoms with Gasteiger partial charge in [0.05, 0.1) is 5.92 Å². The third kappa shape index (κ3) is 1.35. The van der Waals surface area contributed by atoms with Crippen LogP contribution in [0.5, 0.6) is 0 Å². The number of fused-ring (bicyclic) bond motifs is 1. The van der Waals surface area contributed by atoms with Crippen LogP contribution in [0.2, 0.25) is 0 Å². The van der Waals surface area contributed by atoms with E-state index in [0.717, 1.165) is 17.8 Å². The number of rotatable bonds is 1. The Morgan fingerprint density at radius 3 is 2.93 bits per heavy atom. The van der Waals surface area contributed by atoms with E-state index < -0.39 is 5.97 Å². The summed E-state index contributed by atoms with van der Waals surface area (Å²) in [6, 6.07) is 7.72. The predicted molar refractivity (Wildman–Crippen MR) is 54.7 cm³/mol. The molecule has 1 aromatic rings. The second-order valence-corrected chi connectivity index (χ2v) is 3.66. The summed E-state index contributed by atoms with van der Waals surface area (Å²) in [5.41, 5.74) is 1.99. The van der Waals surface area contributed by atoms with Crippen LogP contribution in [0, 0.1) is 0 Å². The van der Waals surface area contributed by atoms with Crippen molar-refractivity contribution in [2.45, 2.75) is 12.3 Å². The Bertz CT molecular complexity index is 362. The van der Waals surface area contributed by atoms with Crippen molar-refractivity contribution in [3.63, 3.8) is 0 Å². The number of aliphatic carboxylic acids is 1. The summed E-state index contributed by atoms with van der Waals surface area (Å²) in [7, 11) is 2.00. The first kappa shape index (κ1) is 9.06. The third-order valence-corrected chi connectivity index (χ3v) is 2.77. The number of carbonyl (C=O) groups is 1. The summed E-state index contributed by atoms with van der Waals surface area (Å²) < 4.78 is 0. The van der Waals surface area contributed by atoms with Crippen molar-refractivity contribution in [3.8, 4) is 0 Å². The van der Waals surface area contributed by atoms with Gasteiger partial charge in [0.1, 0.15) is 0 Å². The Hall–Kier alpha value is -1.51. The van der Waals surface area contributed by atoms with Gasteiger partial charge in [0.2, 0.25) is 0 Å². The zero-order valence-electron chi connectivity index (χ0n) is 8.10. The van der Waals surface area contributed by atoms with E-state index in [4.69, 9.17) is 5.11 Å². The predicted octanol–water partition coefficient (Wildman–Crippen LogP) is 1.69. The first-order valence-corrected chi connectivity index (χ1v) is 4.73. The molecule has 74 valence electrons. The minimum absolute atomic E-state index is 0.331. The standard InChI is InChI=1S/C11H13NO2/c1-12-7-6-9(11(13)14)8-4-2-3-5-10(8)12/h2-5,9H,6-7H2,1H3,(H,13,14)/t9-/m0/s1. The van der Waals surface area contributed by atoms with Crippen molar-refractivity contribution >= 4 is 11.7 Å². The molecule has 1 heterocycles. The van der Waals surface area contributed by atoms with Crippen molar-refractivity contribution < 1.29 is 9.90 Å². The average molecular weight is 191 g/mol. The van der Waals surface area contributed by atoms with Gasteiger partial charge in [0.15, 0.2) is 0 Å². The summed E-state index contributed by atoms with van der Waals surface area (Å²) in [5.74, 6) is -1.05. The molecule has 0 aliphatic carbocycles. The maximum Gasteiger partial charge on any atom is 0.311 e. The van der Waals surface area contributed by atoms with Gasteiger partial charge in [-0.25, -0.2) is 0 Å². The molecule has 3 nitrogen and oxygen atoms in total. The Morgan fingerprint density at radius 1 is 1.50 bits per heavy atom. The first-order chi connectivity index (χ1) is 6.70. The molecule has 1 aromatic carbocycles. The van der Waals surface area contributed by atoms with E-state index in [1.165, 1.54) is 0 Å². The lowest BCUT2D eigenvalue weighted by Crippen LogP contribution is -2.30. The summed E-state index contributed by atoms with van der Waals surface area (Å²) in [5, 5.41) is 9.05. The van der Waals surface area contributed by atoms with Crippen LogP contribution in [0.3, 0.4) is 0 Å². The van der Waals surface area contributed by atoms with Gasteiger partial charge in [-0.05, 0) is 18.1 Å². The highest BCUT2D eigenvalue weighted by Crippen LogP contribution is 2.34. The molecule has 14 heavy (non-hydrogen) atoms. The minimum atomic E-state index is -0.717. The van der Waals surface area contributed by atoms with Gasteiger partial charge in [0, 0.05) is 19.3 Å². The van der Waals surface area contributed by atoms with E-state index in [0.29, 0.717) is 6.42 Å². The molecular formula is C11H13NO2. The van der Waals surface area contributed by atoms with E-state index in [-0.39, 0.29) is 5.92 Å². The van der Waals surface area contributed by atoms with E-state index >= 15 is 0 Å². The fourth-order valence-electron chi connectivity index (χ4n) is 1.99. The highest BCUT2D eigenvalue weighted by Gasteiger charge is 2.27. The number of hydrogen-bond donors (Lipinski definition) is 1. The van der Waals surface area contributed by atoms with Crippen LogP contribution in [0.15, 0.2) is 24.3 Å². The Morgan fingerprint density at radius 2 is 2.21 bits per heavy atom. The molecule has 0 bridgehead atoms.